The molecular weight excluding hydrogens is 810 g/mol. The first kappa shape index (κ1) is 53.8. The third-order valence-electron chi connectivity index (χ3n) is 4.90. The molecule has 0 unspecified atom stereocenters. The van der Waals surface area contributed by atoms with Crippen molar-refractivity contribution in [3.63, 3.8) is 0 Å². The largest absolute Gasteiger partial charge is 0.369 e. The van der Waals surface area contributed by atoms with Crippen LogP contribution in [0, 0.1) is 0 Å². The van der Waals surface area contributed by atoms with Gasteiger partial charge >= 0.3 is 60.8 Å². The van der Waals surface area contributed by atoms with Gasteiger partial charge in [-0.25, -0.2) is 0 Å². The average Bonchev–Trinajstić information content (AvgIpc) is 2.73. The monoisotopic (exact) mass is 849 g/mol. The Bertz CT molecular complexity index is 1280. The summed E-state index contributed by atoms with van der Waals surface area (Å²) < 4.78 is 83.4. The van der Waals surface area contributed by atoms with E-state index in [2.05, 4.69) is 5.73 Å². The average molecular weight is 849 g/mol. The van der Waals surface area contributed by atoms with E-state index in [1.165, 1.54) is 6.92 Å². The Hall–Kier alpha value is 1.04. The smallest absolute Gasteiger partial charge is 0.368 e. The van der Waals surface area contributed by atoms with Gasteiger partial charge in [-0.3, -0.25) is 36.5 Å². The summed E-state index contributed by atoms with van der Waals surface area (Å²) in [6.45, 7) is 3.19. The highest BCUT2D eigenvalue weighted by atomic mass is 31.3. The molecule has 0 saturated heterocycles. The summed E-state index contributed by atoms with van der Waals surface area (Å²) in [4.78, 5) is 135. The van der Waals surface area contributed by atoms with Crippen LogP contribution in [0.5, 0.6) is 0 Å². The van der Waals surface area contributed by atoms with Crippen LogP contribution in [0.15, 0.2) is 0 Å². The van der Waals surface area contributed by atoms with E-state index in [-0.39, 0.29) is 6.42 Å². The third kappa shape index (κ3) is 15.9. The van der Waals surface area contributed by atoms with Crippen molar-refractivity contribution in [2.45, 2.75) is 60.7 Å². The molecule has 23 N–H and O–H groups in total. The van der Waals surface area contributed by atoms with Crippen molar-refractivity contribution in [2.24, 2.45) is 17.2 Å². The molecule has 0 aromatic heterocycles. The van der Waals surface area contributed by atoms with Gasteiger partial charge in [-0.2, -0.15) is 0 Å². The lowest BCUT2D eigenvalue weighted by molar-refractivity contribution is 0.127. The maximum Gasteiger partial charge on any atom is 0.369 e. The summed E-state index contributed by atoms with van der Waals surface area (Å²) in [6.07, 6.45) is -0.976. The lowest BCUT2D eigenvalue weighted by atomic mass is 10.3. The van der Waals surface area contributed by atoms with Crippen LogP contribution in [0.1, 0.15) is 40.0 Å². The molecule has 0 spiro atoms. The predicted octanol–water partition coefficient (Wildman–Crippen LogP) is -3.29. The molecule has 0 amide bonds. The maximum absolute atomic E-state index is 10.8. The minimum Gasteiger partial charge on any atom is -0.368 e. The molecular formula is C10H39N3O25P8. The Kier molecular flexibility index (Phi) is 20.5. The van der Waals surface area contributed by atoms with Gasteiger partial charge < -0.3 is 101 Å². The second-order valence-electron chi connectivity index (χ2n) is 8.71. The lowest BCUT2D eigenvalue weighted by Gasteiger charge is -2.29. The van der Waals surface area contributed by atoms with Gasteiger partial charge in [0.2, 0.25) is 15.6 Å². The van der Waals surface area contributed by atoms with Gasteiger partial charge in [-0.05, 0) is 19.8 Å². The molecule has 0 aliphatic rings. The number of hydrogen-bond acceptors (Lipinski definition) is 12. The molecule has 0 aliphatic heterocycles. The van der Waals surface area contributed by atoms with Crippen LogP contribution in [-0.4, -0.2) is 104 Å². The molecule has 0 aromatic carbocycles. The Balaban J connectivity index is -0.000000257. The molecule has 0 rings (SSSR count). The molecule has 0 heterocycles. The quantitative estimate of drug-likeness (QED) is 0.0906. The topological polar surface area (TPSA) is 559 Å². The van der Waals surface area contributed by atoms with Crippen molar-refractivity contribution in [3.8, 4) is 0 Å². The van der Waals surface area contributed by atoms with E-state index >= 15 is 0 Å². The summed E-state index contributed by atoms with van der Waals surface area (Å²) in [5, 5.41) is 0.184. The zero-order valence-electron chi connectivity index (χ0n) is 23.4. The summed E-state index contributed by atoms with van der Waals surface area (Å²) in [6, 6.07) is 0. The summed E-state index contributed by atoms with van der Waals surface area (Å²) >= 11 is 0. The van der Waals surface area contributed by atoms with Crippen LogP contribution in [0.4, 0.5) is 0 Å². The molecule has 284 valence electrons. The van der Waals surface area contributed by atoms with Gasteiger partial charge in [-0.1, -0.05) is 20.3 Å². The van der Waals surface area contributed by atoms with Crippen molar-refractivity contribution in [3.05, 3.63) is 0 Å². The molecule has 0 aromatic rings. The second-order valence-corrected chi connectivity index (χ2v) is 25.1. The first-order valence-corrected chi connectivity index (χ1v) is 23.8. The summed E-state index contributed by atoms with van der Waals surface area (Å²) in [5.74, 6) is 0. The van der Waals surface area contributed by atoms with Gasteiger partial charge in [0.25, 0.3) is 5.08 Å². The molecule has 0 fully saturated rings. The Labute approximate surface area is 258 Å². The Morgan fingerprint density at radius 2 is 0.761 bits per heavy atom. The van der Waals surface area contributed by atoms with Crippen LogP contribution >= 0.6 is 60.8 Å². The Morgan fingerprint density at radius 3 is 0.783 bits per heavy atom. The van der Waals surface area contributed by atoms with E-state index in [4.69, 9.17) is 94.9 Å². The Morgan fingerprint density at radius 1 is 0.522 bits per heavy atom. The molecule has 36 heteroatoms. The molecule has 28 nitrogen and oxygen atoms in total. The van der Waals surface area contributed by atoms with Crippen molar-refractivity contribution >= 4 is 60.8 Å². The van der Waals surface area contributed by atoms with Crippen molar-refractivity contribution < 1.29 is 120 Å². The standard InChI is InChI=1S/C4H13NO6P2.C3H10O7P2.C2H9NO6P2.CH7NO6P2/c1-2-3-4(5,12(6,7)8)13(9,10)11;1-2-3(4,11(5,6)7)12(8,9)10;1-2(3,10(4,5)6)11(7,8)9;2-1(9(3,4)5)10(6,7)8/h2-3,5H2,1H3,(H2,6,7,8)(H2,9,10,11);4H,2H2,1H3,(H2,5,6,7)(H2,8,9,10);3H2,1H3,(H2,4,5,6)(H2,7,8,9);1H,2H2,(H2,3,4,5)(H2,6,7,8). The molecule has 46 heavy (non-hydrogen) atoms. The van der Waals surface area contributed by atoms with Gasteiger partial charge in [0.15, 0.2) is 0 Å². The van der Waals surface area contributed by atoms with Gasteiger partial charge in [0.1, 0.15) is 0 Å². The molecule has 0 aliphatic carbocycles. The van der Waals surface area contributed by atoms with Crippen LogP contribution < -0.4 is 17.2 Å². The van der Waals surface area contributed by atoms with Crippen LogP contribution in [-0.2, 0) is 36.5 Å². The first-order valence-electron chi connectivity index (χ1n) is 10.8. The first-order chi connectivity index (χ1) is 19.3. The van der Waals surface area contributed by atoms with Crippen molar-refractivity contribution in [2.75, 3.05) is 0 Å². The zero-order valence-corrected chi connectivity index (χ0v) is 30.5. The lowest BCUT2D eigenvalue weighted by Crippen LogP contribution is -2.38. The second kappa shape index (κ2) is 17.5. The van der Waals surface area contributed by atoms with E-state index in [0.29, 0.717) is 6.92 Å². The third-order valence-corrected chi connectivity index (χ3v) is 20.1. The fourth-order valence-corrected chi connectivity index (χ4v) is 9.27. The van der Waals surface area contributed by atoms with Crippen LogP contribution in [0.3, 0.4) is 0 Å². The molecule has 0 saturated carbocycles. The van der Waals surface area contributed by atoms with E-state index in [1.54, 1.807) is 0 Å². The number of nitrogens with two attached hydrogens (primary N) is 3. The minimum atomic E-state index is -5.22. The SMILES string of the molecule is CC(N)(P(=O)(O)O)P(=O)(O)O.CCC(O)(P(=O)(O)O)P(=O)(O)O.CCCC(N)(P(=O)(O)O)P(=O)(O)O.NC(P(=O)(O)O)P(=O)(O)O. The highest BCUT2D eigenvalue weighted by Crippen LogP contribution is 2.69. The molecule has 0 atom stereocenters. The number of aliphatic hydroxyl groups is 1. The summed E-state index contributed by atoms with van der Waals surface area (Å²) in [7, 11) is -40.1. The molecule has 0 bridgehead atoms. The van der Waals surface area contributed by atoms with Crippen molar-refractivity contribution in [1.29, 1.82) is 0 Å². The van der Waals surface area contributed by atoms with Crippen molar-refractivity contribution in [1.82, 2.24) is 0 Å². The van der Waals surface area contributed by atoms with E-state index in [1.807, 2.05) is 0 Å². The van der Waals surface area contributed by atoms with Crippen LogP contribution in [0.25, 0.3) is 0 Å². The van der Waals surface area contributed by atoms with Gasteiger partial charge in [0.05, 0.1) is 0 Å². The fourth-order valence-electron chi connectivity index (χ4n) is 1.78. The highest BCUT2D eigenvalue weighted by molar-refractivity contribution is 7.73. The number of hydrogen-bond donors (Lipinski definition) is 20. The van der Waals surface area contributed by atoms with Crippen LogP contribution in [0.2, 0.25) is 0 Å². The van der Waals surface area contributed by atoms with Gasteiger partial charge in [0, 0.05) is 0 Å². The number of rotatable bonds is 11. The van der Waals surface area contributed by atoms with E-state index < -0.39 is 94.3 Å². The van der Waals surface area contributed by atoms with E-state index in [9.17, 15) is 36.5 Å². The zero-order chi connectivity index (χ0) is 39.2. The molecule has 0 radical (unpaired) electrons. The van der Waals surface area contributed by atoms with Gasteiger partial charge in [-0.15, -0.1) is 0 Å². The predicted molar refractivity (Wildman–Crippen MR) is 154 cm³/mol. The highest BCUT2D eigenvalue weighted by Gasteiger charge is 2.58. The fraction of sp³-hybridized carbons (Fsp3) is 1.00. The normalized spacial score (nSPS) is 14.7. The minimum absolute atomic E-state index is 0.173. The summed E-state index contributed by atoms with van der Waals surface area (Å²) in [5.41, 5.74) is 11.9. The van der Waals surface area contributed by atoms with E-state index in [0.717, 1.165) is 6.92 Å². The maximum atomic E-state index is 10.8.